The third-order valence-electron chi connectivity index (χ3n) is 3.16. The minimum atomic E-state index is -0.388. The predicted molar refractivity (Wildman–Crippen MR) is 70.5 cm³/mol. The average Bonchev–Trinajstić information content (AvgIpc) is 2.93. The molecule has 2 N–H and O–H groups in total. The molecule has 4 nitrogen and oxygen atoms in total. The van der Waals surface area contributed by atoms with E-state index in [1.807, 2.05) is 0 Å². The van der Waals surface area contributed by atoms with Crippen LogP contribution in [0.4, 0.5) is 4.39 Å². The standard InChI is InChI=1S/C14H19FN2O2/c1-10(19-13-5-3-2-4-12(13)15)8-17-14(18)11-6-7-16-9-11/h2-5,10-11,16H,6-9H2,1H3,(H,17,18). The van der Waals surface area contributed by atoms with E-state index >= 15 is 0 Å². The zero-order chi connectivity index (χ0) is 13.7. The molecule has 2 atom stereocenters. The van der Waals surface area contributed by atoms with Crippen molar-refractivity contribution >= 4 is 5.91 Å². The highest BCUT2D eigenvalue weighted by Crippen LogP contribution is 2.16. The fourth-order valence-corrected chi connectivity index (χ4v) is 2.07. The van der Waals surface area contributed by atoms with Crippen LogP contribution >= 0.6 is 0 Å². The van der Waals surface area contributed by atoms with Crippen LogP contribution in [-0.2, 0) is 4.79 Å². The van der Waals surface area contributed by atoms with E-state index < -0.39 is 0 Å². The lowest BCUT2D eigenvalue weighted by atomic mass is 10.1. The highest BCUT2D eigenvalue weighted by atomic mass is 19.1. The van der Waals surface area contributed by atoms with E-state index in [-0.39, 0.29) is 29.5 Å². The zero-order valence-electron chi connectivity index (χ0n) is 11.0. The lowest BCUT2D eigenvalue weighted by molar-refractivity contribution is -0.124. The maximum atomic E-state index is 13.4. The minimum absolute atomic E-state index is 0.0361. The summed E-state index contributed by atoms with van der Waals surface area (Å²) in [6, 6.07) is 6.26. The lowest BCUT2D eigenvalue weighted by Crippen LogP contribution is -2.38. The van der Waals surface area contributed by atoms with E-state index in [1.54, 1.807) is 25.1 Å². The van der Waals surface area contributed by atoms with E-state index in [0.29, 0.717) is 6.54 Å². The molecule has 0 aliphatic carbocycles. The molecule has 0 spiro atoms. The number of para-hydroxylation sites is 1. The van der Waals surface area contributed by atoms with Crippen molar-refractivity contribution in [2.24, 2.45) is 5.92 Å². The Morgan fingerprint density at radius 3 is 3.05 bits per heavy atom. The first-order valence-electron chi connectivity index (χ1n) is 6.56. The average molecular weight is 266 g/mol. The van der Waals surface area contributed by atoms with Gasteiger partial charge in [0.2, 0.25) is 5.91 Å². The first-order valence-corrected chi connectivity index (χ1v) is 6.56. The number of carbonyl (C=O) groups excluding carboxylic acids is 1. The Bertz CT molecular complexity index is 433. The fraction of sp³-hybridized carbons (Fsp3) is 0.500. The highest BCUT2D eigenvalue weighted by molar-refractivity contribution is 5.79. The van der Waals surface area contributed by atoms with Gasteiger partial charge in [-0.25, -0.2) is 4.39 Å². The van der Waals surface area contributed by atoms with Gasteiger partial charge < -0.3 is 15.4 Å². The van der Waals surface area contributed by atoms with Gasteiger partial charge in [0, 0.05) is 6.54 Å². The maximum Gasteiger partial charge on any atom is 0.224 e. The summed E-state index contributed by atoms with van der Waals surface area (Å²) in [5.41, 5.74) is 0. The number of amides is 1. The molecule has 1 aromatic carbocycles. The molecule has 1 aliphatic rings. The van der Waals surface area contributed by atoms with Gasteiger partial charge in [0.1, 0.15) is 6.10 Å². The topological polar surface area (TPSA) is 50.4 Å². The van der Waals surface area contributed by atoms with Gasteiger partial charge in [-0.3, -0.25) is 4.79 Å². The molecule has 0 saturated carbocycles. The van der Waals surface area contributed by atoms with Crippen molar-refractivity contribution in [3.05, 3.63) is 30.1 Å². The Kier molecular flexibility index (Phi) is 4.74. The van der Waals surface area contributed by atoms with Crippen LogP contribution in [0.2, 0.25) is 0 Å². The molecule has 1 amide bonds. The van der Waals surface area contributed by atoms with Gasteiger partial charge in [-0.05, 0) is 32.0 Å². The second-order valence-electron chi connectivity index (χ2n) is 4.79. The fourth-order valence-electron chi connectivity index (χ4n) is 2.07. The van der Waals surface area contributed by atoms with Gasteiger partial charge in [0.05, 0.1) is 12.5 Å². The normalized spacial score (nSPS) is 20.0. The van der Waals surface area contributed by atoms with Gasteiger partial charge in [-0.1, -0.05) is 12.1 Å². The number of nitrogens with one attached hydrogen (secondary N) is 2. The highest BCUT2D eigenvalue weighted by Gasteiger charge is 2.22. The van der Waals surface area contributed by atoms with Crippen LogP contribution in [0, 0.1) is 11.7 Å². The largest absolute Gasteiger partial charge is 0.486 e. The Balaban J connectivity index is 1.76. The summed E-state index contributed by atoms with van der Waals surface area (Å²) in [7, 11) is 0. The van der Waals surface area contributed by atoms with Crippen molar-refractivity contribution in [1.82, 2.24) is 10.6 Å². The molecule has 2 unspecified atom stereocenters. The Labute approximate surface area is 112 Å². The molecule has 0 bridgehead atoms. The molecule has 5 heteroatoms. The number of rotatable bonds is 5. The molecular weight excluding hydrogens is 247 g/mol. The van der Waals surface area contributed by atoms with Crippen molar-refractivity contribution in [3.63, 3.8) is 0 Å². The molecule has 2 rings (SSSR count). The molecule has 104 valence electrons. The smallest absolute Gasteiger partial charge is 0.224 e. The van der Waals surface area contributed by atoms with Crippen LogP contribution in [0.15, 0.2) is 24.3 Å². The van der Waals surface area contributed by atoms with Gasteiger partial charge >= 0.3 is 0 Å². The number of benzene rings is 1. The minimum Gasteiger partial charge on any atom is -0.486 e. The number of hydrogen-bond acceptors (Lipinski definition) is 3. The number of halogens is 1. The summed E-state index contributed by atoms with van der Waals surface area (Å²) in [5.74, 6) is -0.0953. The van der Waals surface area contributed by atoms with E-state index in [0.717, 1.165) is 19.5 Å². The molecule has 0 radical (unpaired) electrons. The lowest BCUT2D eigenvalue weighted by Gasteiger charge is -2.17. The summed E-state index contributed by atoms with van der Waals surface area (Å²) in [5, 5.41) is 5.98. The Morgan fingerprint density at radius 1 is 1.58 bits per heavy atom. The van der Waals surface area contributed by atoms with Crippen LogP contribution in [-0.4, -0.2) is 31.6 Å². The van der Waals surface area contributed by atoms with Crippen LogP contribution in [0.3, 0.4) is 0 Å². The summed E-state index contributed by atoms with van der Waals surface area (Å²) in [6.45, 7) is 3.80. The molecule has 1 aromatic rings. The van der Waals surface area contributed by atoms with Gasteiger partial charge in [-0.2, -0.15) is 0 Å². The molecule has 1 aliphatic heterocycles. The SMILES string of the molecule is CC(CNC(=O)C1CCNC1)Oc1ccccc1F. The number of hydrogen-bond donors (Lipinski definition) is 2. The quantitative estimate of drug-likeness (QED) is 0.845. The maximum absolute atomic E-state index is 13.4. The van der Waals surface area contributed by atoms with Crippen molar-refractivity contribution < 1.29 is 13.9 Å². The van der Waals surface area contributed by atoms with Crippen LogP contribution in [0.5, 0.6) is 5.75 Å². The summed E-state index contributed by atoms with van der Waals surface area (Å²) in [6.07, 6.45) is 0.601. The second kappa shape index (κ2) is 6.52. The van der Waals surface area contributed by atoms with E-state index in [1.165, 1.54) is 6.07 Å². The van der Waals surface area contributed by atoms with Gasteiger partial charge in [-0.15, -0.1) is 0 Å². The first-order chi connectivity index (χ1) is 9.16. The first kappa shape index (κ1) is 13.8. The van der Waals surface area contributed by atoms with Crippen molar-refractivity contribution in [2.45, 2.75) is 19.4 Å². The van der Waals surface area contributed by atoms with Crippen molar-refractivity contribution in [1.29, 1.82) is 0 Å². The number of carbonyl (C=O) groups is 1. The summed E-state index contributed by atoms with van der Waals surface area (Å²) in [4.78, 5) is 11.8. The van der Waals surface area contributed by atoms with Crippen LogP contribution in [0.1, 0.15) is 13.3 Å². The van der Waals surface area contributed by atoms with Crippen LogP contribution < -0.4 is 15.4 Å². The monoisotopic (exact) mass is 266 g/mol. The molecule has 1 fully saturated rings. The number of ether oxygens (including phenoxy) is 1. The summed E-state index contributed by atoms with van der Waals surface area (Å²) >= 11 is 0. The van der Waals surface area contributed by atoms with E-state index in [4.69, 9.17) is 4.74 Å². The third kappa shape index (κ3) is 3.92. The Morgan fingerprint density at radius 2 is 2.37 bits per heavy atom. The predicted octanol–water partition coefficient (Wildman–Crippen LogP) is 1.32. The molecule has 1 saturated heterocycles. The third-order valence-corrected chi connectivity index (χ3v) is 3.16. The van der Waals surface area contributed by atoms with Gasteiger partial charge in [0.15, 0.2) is 11.6 Å². The molecule has 19 heavy (non-hydrogen) atoms. The molecule has 0 aromatic heterocycles. The molecular formula is C14H19FN2O2. The van der Waals surface area contributed by atoms with Gasteiger partial charge in [0.25, 0.3) is 0 Å². The second-order valence-corrected chi connectivity index (χ2v) is 4.79. The zero-order valence-corrected chi connectivity index (χ0v) is 11.0. The van der Waals surface area contributed by atoms with Crippen molar-refractivity contribution in [3.8, 4) is 5.75 Å². The van der Waals surface area contributed by atoms with E-state index in [2.05, 4.69) is 10.6 Å². The summed E-state index contributed by atoms with van der Waals surface area (Å²) < 4.78 is 18.8. The van der Waals surface area contributed by atoms with E-state index in [9.17, 15) is 9.18 Å². The Hall–Kier alpha value is -1.62. The van der Waals surface area contributed by atoms with Crippen molar-refractivity contribution in [2.75, 3.05) is 19.6 Å². The van der Waals surface area contributed by atoms with Crippen LogP contribution in [0.25, 0.3) is 0 Å². The molecule has 1 heterocycles.